The van der Waals surface area contributed by atoms with Crippen molar-refractivity contribution in [3.8, 4) is 11.4 Å². The number of carbonyl (C=O) groups is 1. The highest BCUT2D eigenvalue weighted by molar-refractivity contribution is 5.87. The second-order valence-electron chi connectivity index (χ2n) is 4.87. The minimum absolute atomic E-state index is 0.173. The van der Waals surface area contributed by atoms with Crippen LogP contribution in [-0.2, 0) is 22.3 Å². The van der Waals surface area contributed by atoms with Crippen molar-refractivity contribution in [1.29, 1.82) is 0 Å². The zero-order valence-electron chi connectivity index (χ0n) is 12.9. The topological polar surface area (TPSA) is 120 Å². The molecule has 8 nitrogen and oxygen atoms in total. The first-order chi connectivity index (χ1) is 11.7. The molecule has 0 spiro atoms. The molecule has 4 N–H and O–H groups in total. The van der Waals surface area contributed by atoms with E-state index in [-0.39, 0.29) is 18.1 Å². The minimum atomic E-state index is -4.70. The Morgan fingerprint density at radius 1 is 1.36 bits per heavy atom. The van der Waals surface area contributed by atoms with Crippen LogP contribution in [0.15, 0.2) is 40.7 Å². The molecule has 134 valence electrons. The van der Waals surface area contributed by atoms with Gasteiger partial charge in [0.2, 0.25) is 5.82 Å². The van der Waals surface area contributed by atoms with Crippen LogP contribution in [-0.4, -0.2) is 28.2 Å². The molecule has 0 aliphatic heterocycles. The Bertz CT molecular complexity index is 771. The van der Waals surface area contributed by atoms with Crippen LogP contribution in [0.2, 0.25) is 0 Å². The first-order valence-electron chi connectivity index (χ1n) is 6.78. The van der Waals surface area contributed by atoms with Gasteiger partial charge in [-0.15, -0.1) is 0 Å². The Hall–Kier alpha value is -3.08. The van der Waals surface area contributed by atoms with Crippen molar-refractivity contribution >= 4 is 5.97 Å². The molecule has 0 fully saturated rings. The Labute approximate surface area is 139 Å². The van der Waals surface area contributed by atoms with E-state index in [1.807, 2.05) is 0 Å². The Kier molecular flexibility index (Phi) is 5.27. The average molecular weight is 357 g/mol. The highest BCUT2D eigenvalue weighted by Gasteiger charge is 2.38. The van der Waals surface area contributed by atoms with Crippen molar-refractivity contribution in [3.63, 3.8) is 0 Å². The van der Waals surface area contributed by atoms with Gasteiger partial charge < -0.3 is 20.0 Å². The van der Waals surface area contributed by atoms with Crippen molar-refractivity contribution in [2.75, 3.05) is 7.11 Å². The van der Waals surface area contributed by atoms with Crippen molar-refractivity contribution in [1.82, 2.24) is 15.1 Å². The van der Waals surface area contributed by atoms with Gasteiger partial charge in [0.15, 0.2) is 0 Å². The van der Waals surface area contributed by atoms with Gasteiger partial charge in [0.1, 0.15) is 5.70 Å². The number of esters is 1. The van der Waals surface area contributed by atoms with Crippen LogP contribution in [0.3, 0.4) is 0 Å². The summed E-state index contributed by atoms with van der Waals surface area (Å²) >= 11 is 0. The molecule has 0 saturated carbocycles. The van der Waals surface area contributed by atoms with E-state index < -0.39 is 18.0 Å². The fraction of sp³-hybridized carbons (Fsp3) is 0.214. The van der Waals surface area contributed by atoms with Gasteiger partial charge >= 0.3 is 18.0 Å². The number of rotatable bonds is 5. The van der Waals surface area contributed by atoms with Crippen LogP contribution in [0.1, 0.15) is 11.5 Å². The predicted octanol–water partition coefficient (Wildman–Crippen LogP) is 1.40. The van der Waals surface area contributed by atoms with Gasteiger partial charge in [-0.25, -0.2) is 10.6 Å². The molecule has 2 rings (SSSR count). The van der Waals surface area contributed by atoms with Gasteiger partial charge in [0, 0.05) is 11.8 Å². The number of carbonyl (C=O) groups excluding carboxylic acids is 1. The number of nitrogens with two attached hydrogens (primary N) is 2. The lowest BCUT2D eigenvalue weighted by Gasteiger charge is -2.14. The summed E-state index contributed by atoms with van der Waals surface area (Å²) in [6.45, 7) is 0.192. The number of hydrazine groups is 1. The first-order valence-corrected chi connectivity index (χ1v) is 6.78. The van der Waals surface area contributed by atoms with Crippen LogP contribution in [0.5, 0.6) is 0 Å². The summed E-state index contributed by atoms with van der Waals surface area (Å²) in [6, 6.07) is 6.26. The summed E-state index contributed by atoms with van der Waals surface area (Å²) in [7, 11) is 1.19. The van der Waals surface area contributed by atoms with E-state index in [1.54, 1.807) is 12.1 Å². The van der Waals surface area contributed by atoms with E-state index in [1.165, 1.54) is 25.4 Å². The molecule has 2 aromatic rings. The van der Waals surface area contributed by atoms with Crippen LogP contribution < -0.4 is 11.6 Å². The summed E-state index contributed by atoms with van der Waals surface area (Å²) in [4.78, 5) is 14.5. The number of nitrogens with zero attached hydrogens (tertiary/aromatic N) is 3. The summed E-state index contributed by atoms with van der Waals surface area (Å²) in [5, 5.41) is 4.46. The maximum Gasteiger partial charge on any atom is 0.471 e. The third-order valence-electron chi connectivity index (χ3n) is 2.97. The number of methoxy groups -OCH3 is 1. The molecule has 0 atom stereocenters. The van der Waals surface area contributed by atoms with Crippen molar-refractivity contribution in [3.05, 3.63) is 47.6 Å². The van der Waals surface area contributed by atoms with Gasteiger partial charge in [-0.1, -0.05) is 29.4 Å². The lowest BCUT2D eigenvalue weighted by atomic mass is 10.1. The van der Waals surface area contributed by atoms with Crippen molar-refractivity contribution < 1.29 is 27.2 Å². The summed E-state index contributed by atoms with van der Waals surface area (Å²) in [5.74, 6) is 3.39. The maximum atomic E-state index is 12.4. The highest BCUT2D eigenvalue weighted by Crippen LogP contribution is 2.29. The number of halogens is 3. The third-order valence-corrected chi connectivity index (χ3v) is 2.97. The molecule has 0 amide bonds. The first kappa shape index (κ1) is 18.3. The molecule has 1 heterocycles. The smallest absolute Gasteiger partial charge is 0.464 e. The zero-order valence-corrected chi connectivity index (χ0v) is 12.9. The number of alkyl halides is 3. The van der Waals surface area contributed by atoms with Gasteiger partial charge in [0.25, 0.3) is 0 Å². The zero-order chi connectivity index (χ0) is 18.6. The fourth-order valence-electron chi connectivity index (χ4n) is 1.82. The SMILES string of the molecule is COC(=O)/C(N)=C/N(N)Cc1ccc(-c2noc(C(F)(F)F)n2)cc1. The fourth-order valence-corrected chi connectivity index (χ4v) is 1.82. The number of benzene rings is 1. The molecule has 25 heavy (non-hydrogen) atoms. The molecular formula is C14H14F3N5O3. The molecule has 0 radical (unpaired) electrons. The Morgan fingerprint density at radius 2 is 2.00 bits per heavy atom. The molecule has 0 unspecified atom stereocenters. The van der Waals surface area contributed by atoms with E-state index in [0.29, 0.717) is 11.1 Å². The van der Waals surface area contributed by atoms with E-state index in [4.69, 9.17) is 11.6 Å². The van der Waals surface area contributed by atoms with Crippen molar-refractivity contribution in [2.45, 2.75) is 12.7 Å². The predicted molar refractivity (Wildman–Crippen MR) is 78.8 cm³/mol. The monoisotopic (exact) mass is 357 g/mol. The number of hydrogen-bond donors (Lipinski definition) is 2. The molecule has 1 aromatic heterocycles. The normalized spacial score (nSPS) is 12.1. The maximum absolute atomic E-state index is 12.4. The van der Waals surface area contributed by atoms with Crippen LogP contribution >= 0.6 is 0 Å². The van der Waals surface area contributed by atoms with E-state index >= 15 is 0 Å². The van der Waals surface area contributed by atoms with E-state index in [0.717, 1.165) is 5.01 Å². The highest BCUT2D eigenvalue weighted by atomic mass is 19.4. The molecule has 0 aliphatic carbocycles. The largest absolute Gasteiger partial charge is 0.471 e. The number of aromatic nitrogens is 2. The third kappa shape index (κ3) is 4.70. The lowest BCUT2D eigenvalue weighted by Crippen LogP contribution is -2.27. The molecule has 1 aromatic carbocycles. The molecular weight excluding hydrogens is 343 g/mol. The number of ether oxygens (including phenoxy) is 1. The minimum Gasteiger partial charge on any atom is -0.464 e. The number of hydrogen-bond acceptors (Lipinski definition) is 8. The van der Waals surface area contributed by atoms with Gasteiger partial charge in [-0.3, -0.25) is 0 Å². The summed E-state index contributed by atoms with van der Waals surface area (Å²) in [6.07, 6.45) is -3.49. The second-order valence-corrected chi connectivity index (χ2v) is 4.87. The average Bonchev–Trinajstić information content (AvgIpc) is 3.04. The van der Waals surface area contributed by atoms with Crippen molar-refractivity contribution in [2.24, 2.45) is 11.6 Å². The molecule has 0 aliphatic rings. The summed E-state index contributed by atoms with van der Waals surface area (Å²) < 4.78 is 46.0. The van der Waals surface area contributed by atoms with Crippen LogP contribution in [0.25, 0.3) is 11.4 Å². The van der Waals surface area contributed by atoms with Crippen LogP contribution in [0.4, 0.5) is 13.2 Å². The van der Waals surface area contributed by atoms with Gasteiger partial charge in [-0.2, -0.15) is 18.2 Å². The van der Waals surface area contributed by atoms with E-state index in [2.05, 4.69) is 19.4 Å². The van der Waals surface area contributed by atoms with Gasteiger partial charge in [-0.05, 0) is 5.56 Å². The lowest BCUT2D eigenvalue weighted by molar-refractivity contribution is -0.159. The Morgan fingerprint density at radius 3 is 2.52 bits per heavy atom. The molecule has 0 saturated heterocycles. The molecule has 11 heteroatoms. The Balaban J connectivity index is 2.07. The second kappa shape index (κ2) is 7.21. The molecule has 0 bridgehead atoms. The van der Waals surface area contributed by atoms with E-state index in [9.17, 15) is 18.0 Å². The standard InChI is InChI=1S/C14H14F3N5O3/c1-24-12(23)10(18)7-22(19)6-8-2-4-9(5-3-8)11-20-13(25-21-11)14(15,16)17/h2-5,7H,6,18-19H2,1H3/b10-7-. The van der Waals surface area contributed by atoms with Crippen LogP contribution in [0, 0.1) is 0 Å². The quantitative estimate of drug-likeness (QED) is 0.357. The van der Waals surface area contributed by atoms with Gasteiger partial charge in [0.05, 0.1) is 13.7 Å². The summed E-state index contributed by atoms with van der Waals surface area (Å²) in [5.41, 5.74) is 6.34.